The summed E-state index contributed by atoms with van der Waals surface area (Å²) in [6.45, 7) is 4.62. The van der Waals surface area contributed by atoms with E-state index in [1.165, 1.54) is 117 Å². The van der Waals surface area contributed by atoms with Gasteiger partial charge in [0.1, 0.15) is 0 Å². The van der Waals surface area contributed by atoms with Crippen molar-refractivity contribution in [1.29, 1.82) is 0 Å². The van der Waals surface area contributed by atoms with Crippen molar-refractivity contribution >= 4 is 129 Å². The number of thiophene rings is 2. The molecule has 0 aliphatic rings. The highest BCUT2D eigenvalue weighted by Gasteiger charge is 2.17. The Balaban J connectivity index is 1.34. The molecule has 7 heterocycles. The van der Waals surface area contributed by atoms with Gasteiger partial charge in [0, 0.05) is 109 Å². The Bertz CT molecular complexity index is 3530. The Morgan fingerprint density at radius 3 is 1.15 bits per heavy atom. The lowest BCUT2D eigenvalue weighted by Gasteiger charge is -2.08. The molecule has 8 bridgehead atoms. The maximum Gasteiger partial charge on any atom is 0.0777 e. The Kier molecular flexibility index (Phi) is 5.00. The number of hydrogen-bond donors (Lipinski definition) is 0. The standard InChI is InChI=1S/C46H28N4S2/c1-25-35-9-13-39-41(25)33-23-31(7-11-37(33)51-39)47-19-15-27-3-4-28-16-20-48(44(28)43(27)47)32-8-12-38-34(24-32)42-26(2)36(10-14-40(42)52-38)50-22-18-30-6-5-29-17-21-49(35)45(29)46(30)50/h3-24H,1-2H3. The zero-order valence-electron chi connectivity index (χ0n) is 28.3. The summed E-state index contributed by atoms with van der Waals surface area (Å²) in [6, 6.07) is 41.5. The largest absolute Gasteiger partial charge is 0.315 e. The lowest BCUT2D eigenvalue weighted by Crippen LogP contribution is -1.92. The van der Waals surface area contributed by atoms with Crippen molar-refractivity contribution < 1.29 is 0 Å². The third kappa shape index (κ3) is 3.33. The van der Waals surface area contributed by atoms with Crippen molar-refractivity contribution in [2.24, 2.45) is 0 Å². The van der Waals surface area contributed by atoms with Gasteiger partial charge in [-0.1, -0.05) is 24.3 Å². The average Bonchev–Trinajstić information content (AvgIpc) is 4.00. The van der Waals surface area contributed by atoms with Gasteiger partial charge in [-0.2, -0.15) is 0 Å². The number of aromatic nitrogens is 4. The summed E-state index contributed by atoms with van der Waals surface area (Å²) < 4.78 is 14.9. The fourth-order valence-corrected chi connectivity index (χ4v) is 11.7. The van der Waals surface area contributed by atoms with Crippen LogP contribution < -0.4 is 0 Å². The molecule has 6 aromatic carbocycles. The topological polar surface area (TPSA) is 17.6 Å². The summed E-state index contributed by atoms with van der Waals surface area (Å²) in [4.78, 5) is 0. The van der Waals surface area contributed by atoms with Gasteiger partial charge in [-0.15, -0.1) is 22.7 Å². The van der Waals surface area contributed by atoms with Gasteiger partial charge < -0.3 is 17.6 Å². The van der Waals surface area contributed by atoms with Crippen LogP contribution in [0.5, 0.6) is 0 Å². The SMILES string of the molecule is Cc1c2c3ccc1n1ccc4ccc5ccn(c6ccc7sc8ccc(cc8c7c6C)n6ccc7ccc8ccn(c9ccc(s3)c2c9)c8c76)c5c41. The van der Waals surface area contributed by atoms with Crippen LogP contribution in [0.1, 0.15) is 11.1 Å². The van der Waals surface area contributed by atoms with Crippen molar-refractivity contribution in [3.63, 3.8) is 0 Å². The summed E-state index contributed by atoms with van der Waals surface area (Å²) in [6.07, 6.45) is 9.01. The van der Waals surface area contributed by atoms with Gasteiger partial charge in [-0.05, 0) is 110 Å². The molecule has 0 aliphatic carbocycles. The predicted octanol–water partition coefficient (Wildman–Crippen LogP) is 13.2. The summed E-state index contributed by atoms with van der Waals surface area (Å²) in [7, 11) is 0. The van der Waals surface area contributed by atoms with Crippen LogP contribution in [0.4, 0.5) is 0 Å². The van der Waals surface area contributed by atoms with Gasteiger partial charge in [-0.25, -0.2) is 0 Å². The molecule has 0 amide bonds. The molecule has 0 unspecified atom stereocenters. The smallest absolute Gasteiger partial charge is 0.0777 e. The number of aryl methyl sites for hydroxylation is 2. The normalized spacial score (nSPS) is 12.8. The van der Waals surface area contributed by atoms with E-state index in [-0.39, 0.29) is 0 Å². The fraction of sp³-hybridized carbons (Fsp3) is 0.0435. The van der Waals surface area contributed by atoms with Crippen molar-refractivity contribution in [2.75, 3.05) is 0 Å². The van der Waals surface area contributed by atoms with Gasteiger partial charge in [0.25, 0.3) is 0 Å². The fourth-order valence-electron chi connectivity index (χ4n) is 9.38. The highest BCUT2D eigenvalue weighted by molar-refractivity contribution is 7.26. The maximum atomic E-state index is 2.43. The predicted molar refractivity (Wildman–Crippen MR) is 224 cm³/mol. The number of nitrogens with zero attached hydrogens (tertiary/aromatic N) is 4. The summed E-state index contributed by atoms with van der Waals surface area (Å²) in [5.74, 6) is 0. The second-order valence-electron chi connectivity index (χ2n) is 14.4. The van der Waals surface area contributed by atoms with Crippen molar-refractivity contribution in [3.8, 4) is 0 Å². The zero-order valence-corrected chi connectivity index (χ0v) is 29.9. The molecule has 13 aromatic rings. The molecular weight excluding hydrogens is 673 g/mol. The Labute approximate surface area is 303 Å². The van der Waals surface area contributed by atoms with E-state index in [0.29, 0.717) is 0 Å². The quantitative estimate of drug-likeness (QED) is 0.150. The van der Waals surface area contributed by atoms with Crippen LogP contribution in [0.2, 0.25) is 0 Å². The second kappa shape index (κ2) is 9.42. The lowest BCUT2D eigenvalue weighted by atomic mass is 10.1. The number of fused-ring (bicyclic) bond motifs is 8. The first-order chi connectivity index (χ1) is 25.6. The van der Waals surface area contributed by atoms with Crippen LogP contribution in [-0.2, 0) is 0 Å². The average molecular weight is 701 g/mol. The van der Waals surface area contributed by atoms with Gasteiger partial charge in [0.2, 0.25) is 0 Å². The summed E-state index contributed by atoms with van der Waals surface area (Å²) in [5.41, 5.74) is 12.3. The molecule has 52 heavy (non-hydrogen) atoms. The Morgan fingerprint density at radius 2 is 0.731 bits per heavy atom. The summed E-state index contributed by atoms with van der Waals surface area (Å²) in [5, 5.41) is 10.2. The van der Waals surface area contributed by atoms with Crippen LogP contribution in [0.25, 0.3) is 106 Å². The highest BCUT2D eigenvalue weighted by Crippen LogP contribution is 2.41. The molecule has 0 spiro atoms. The third-order valence-corrected chi connectivity index (χ3v) is 14.1. The van der Waals surface area contributed by atoms with E-state index in [1.807, 2.05) is 22.7 Å². The van der Waals surface area contributed by atoms with Crippen LogP contribution in [0.15, 0.2) is 134 Å². The van der Waals surface area contributed by atoms with E-state index < -0.39 is 0 Å². The molecule has 0 N–H and O–H groups in total. The zero-order chi connectivity index (χ0) is 34.0. The van der Waals surface area contributed by atoms with Crippen LogP contribution in [0, 0.1) is 13.8 Å². The molecule has 4 nitrogen and oxygen atoms in total. The molecule has 244 valence electrons. The molecule has 0 atom stereocenters. The minimum atomic E-state index is 1.18. The number of hydrogen-bond acceptors (Lipinski definition) is 2. The van der Waals surface area contributed by atoms with E-state index in [2.05, 4.69) is 165 Å². The van der Waals surface area contributed by atoms with E-state index in [1.54, 1.807) is 0 Å². The molecule has 13 rings (SSSR count). The van der Waals surface area contributed by atoms with Gasteiger partial charge in [0.15, 0.2) is 0 Å². The molecule has 7 aromatic heterocycles. The molecular formula is C46H28N4S2. The lowest BCUT2D eigenvalue weighted by molar-refractivity contribution is 1.23. The number of rotatable bonds is 0. The van der Waals surface area contributed by atoms with Crippen LogP contribution in [-0.4, -0.2) is 17.6 Å². The van der Waals surface area contributed by atoms with E-state index >= 15 is 0 Å². The molecule has 0 saturated heterocycles. The number of benzene rings is 6. The van der Waals surface area contributed by atoms with Crippen molar-refractivity contribution in [1.82, 2.24) is 17.6 Å². The maximum absolute atomic E-state index is 2.43. The third-order valence-electron chi connectivity index (χ3n) is 11.8. The first-order valence-electron chi connectivity index (χ1n) is 17.7. The van der Waals surface area contributed by atoms with Crippen molar-refractivity contribution in [2.45, 2.75) is 13.8 Å². The molecule has 0 saturated carbocycles. The van der Waals surface area contributed by atoms with E-state index in [4.69, 9.17) is 0 Å². The molecule has 0 aliphatic heterocycles. The highest BCUT2D eigenvalue weighted by atomic mass is 32.1. The van der Waals surface area contributed by atoms with Gasteiger partial charge in [-0.3, -0.25) is 0 Å². The van der Waals surface area contributed by atoms with Gasteiger partial charge in [0.05, 0.1) is 22.1 Å². The van der Waals surface area contributed by atoms with Crippen LogP contribution >= 0.6 is 22.7 Å². The van der Waals surface area contributed by atoms with Crippen molar-refractivity contribution in [3.05, 3.63) is 145 Å². The second-order valence-corrected chi connectivity index (χ2v) is 16.5. The monoisotopic (exact) mass is 700 g/mol. The summed E-state index contributed by atoms with van der Waals surface area (Å²) >= 11 is 3.77. The van der Waals surface area contributed by atoms with E-state index in [0.717, 1.165) is 0 Å². The Hall–Kier alpha value is -6.08. The minimum absolute atomic E-state index is 1.18. The van der Waals surface area contributed by atoms with Gasteiger partial charge >= 0.3 is 0 Å². The minimum Gasteiger partial charge on any atom is -0.315 e. The molecule has 6 heteroatoms. The molecule has 0 fully saturated rings. The Morgan fingerprint density at radius 1 is 0.365 bits per heavy atom. The first-order valence-corrected chi connectivity index (χ1v) is 19.4. The molecule has 0 radical (unpaired) electrons. The van der Waals surface area contributed by atoms with Crippen LogP contribution in [0.3, 0.4) is 0 Å². The van der Waals surface area contributed by atoms with E-state index in [9.17, 15) is 0 Å². The first kappa shape index (κ1) is 27.6.